The molecule has 2 N–H and O–H groups in total. The Kier molecular flexibility index (Phi) is 4.20. The summed E-state index contributed by atoms with van der Waals surface area (Å²) in [5.41, 5.74) is 1.22. The van der Waals surface area contributed by atoms with Gasteiger partial charge in [-0.1, -0.05) is 30.3 Å². The van der Waals surface area contributed by atoms with Crippen molar-refractivity contribution in [3.05, 3.63) is 35.9 Å². The second kappa shape index (κ2) is 5.87. The van der Waals surface area contributed by atoms with Crippen LogP contribution in [0.5, 0.6) is 0 Å². The van der Waals surface area contributed by atoms with Crippen LogP contribution in [0.4, 0.5) is 4.79 Å². The van der Waals surface area contributed by atoms with E-state index in [1.807, 2.05) is 30.3 Å². The van der Waals surface area contributed by atoms with E-state index >= 15 is 0 Å². The third kappa shape index (κ3) is 3.47. The number of nitrogens with one attached hydrogen (secondary N) is 2. The summed E-state index contributed by atoms with van der Waals surface area (Å²) in [6.45, 7) is 0. The molecule has 1 fully saturated rings. The first-order chi connectivity index (χ1) is 8.70. The Morgan fingerprint density at radius 3 is 2.67 bits per heavy atom. The minimum absolute atomic E-state index is 0.121. The van der Waals surface area contributed by atoms with Gasteiger partial charge in [0.1, 0.15) is 0 Å². The molecule has 0 saturated heterocycles. The fourth-order valence-electron chi connectivity index (χ4n) is 1.90. The van der Waals surface area contributed by atoms with E-state index in [-0.39, 0.29) is 24.2 Å². The minimum atomic E-state index is -0.437. The normalized spacial score (nSPS) is 21.2. The first-order valence-electron chi connectivity index (χ1n) is 5.92. The summed E-state index contributed by atoms with van der Waals surface area (Å²) in [5.74, 6) is 0.231. The number of carbonyl (C=O) groups excluding carboxylic acids is 2. The molecule has 0 aliphatic heterocycles. The van der Waals surface area contributed by atoms with Crippen molar-refractivity contribution in [2.24, 2.45) is 0 Å². The molecule has 1 saturated carbocycles. The van der Waals surface area contributed by atoms with Crippen LogP contribution >= 0.6 is 11.6 Å². The van der Waals surface area contributed by atoms with Gasteiger partial charge < -0.3 is 5.32 Å². The smallest absolute Gasteiger partial charge is 0.321 e. The van der Waals surface area contributed by atoms with Gasteiger partial charge in [0.2, 0.25) is 5.91 Å². The maximum atomic E-state index is 11.5. The lowest BCUT2D eigenvalue weighted by molar-refractivity contribution is -0.119. The summed E-state index contributed by atoms with van der Waals surface area (Å²) in [4.78, 5) is 22.6. The molecule has 0 radical (unpaired) electrons. The number of imide groups is 1. The summed E-state index contributed by atoms with van der Waals surface area (Å²) < 4.78 is 0. The van der Waals surface area contributed by atoms with Crippen molar-refractivity contribution in [3.8, 4) is 0 Å². The molecule has 0 spiro atoms. The Hall–Kier alpha value is -1.55. The van der Waals surface area contributed by atoms with E-state index in [1.54, 1.807) is 0 Å². The average molecular weight is 267 g/mol. The molecule has 3 amide bonds. The number of halogens is 1. The highest BCUT2D eigenvalue weighted by Gasteiger charge is 2.39. The van der Waals surface area contributed by atoms with Gasteiger partial charge in [-0.25, -0.2) is 4.79 Å². The average Bonchev–Trinajstić information content (AvgIpc) is 3.09. The molecular weight excluding hydrogens is 252 g/mol. The number of amides is 3. The fourth-order valence-corrected chi connectivity index (χ4v) is 2.07. The van der Waals surface area contributed by atoms with Crippen LogP contribution in [-0.4, -0.2) is 23.9 Å². The molecule has 1 aromatic carbocycles. The lowest BCUT2D eigenvalue weighted by Gasteiger charge is -2.05. The molecular formula is C13H15ClN2O2. The van der Waals surface area contributed by atoms with Gasteiger partial charge in [0, 0.05) is 24.3 Å². The molecule has 0 aromatic heterocycles. The highest BCUT2D eigenvalue weighted by atomic mass is 35.5. The van der Waals surface area contributed by atoms with Crippen LogP contribution in [0.15, 0.2) is 30.3 Å². The number of alkyl halides is 1. The van der Waals surface area contributed by atoms with Crippen LogP contribution in [0.25, 0.3) is 0 Å². The Labute approximate surface area is 111 Å². The first-order valence-corrected chi connectivity index (χ1v) is 6.45. The lowest BCUT2D eigenvalue weighted by Crippen LogP contribution is -2.40. The molecule has 18 heavy (non-hydrogen) atoms. The van der Waals surface area contributed by atoms with Gasteiger partial charge in [-0.05, 0) is 12.0 Å². The third-order valence-electron chi connectivity index (χ3n) is 2.91. The van der Waals surface area contributed by atoms with Gasteiger partial charge in [-0.3, -0.25) is 10.1 Å². The number of hydrogen-bond acceptors (Lipinski definition) is 2. The zero-order valence-electron chi connectivity index (χ0n) is 9.86. The number of rotatable bonds is 4. The SMILES string of the molecule is O=C(CCCl)NC(=O)NC1CC1c1ccccc1. The Balaban J connectivity index is 1.76. The van der Waals surface area contributed by atoms with Gasteiger partial charge in [-0.15, -0.1) is 11.6 Å². The lowest BCUT2D eigenvalue weighted by atomic mass is 10.1. The van der Waals surface area contributed by atoms with Crippen LogP contribution < -0.4 is 10.6 Å². The quantitative estimate of drug-likeness (QED) is 0.819. The van der Waals surface area contributed by atoms with Crippen molar-refractivity contribution >= 4 is 23.5 Å². The highest BCUT2D eigenvalue weighted by Crippen LogP contribution is 2.40. The van der Waals surface area contributed by atoms with Crippen LogP contribution in [0.2, 0.25) is 0 Å². The summed E-state index contributed by atoms with van der Waals surface area (Å²) >= 11 is 5.41. The fraction of sp³-hybridized carbons (Fsp3) is 0.385. The molecule has 0 bridgehead atoms. The van der Waals surface area contributed by atoms with Crippen molar-refractivity contribution in [2.75, 3.05) is 5.88 Å². The molecule has 2 rings (SSSR count). The zero-order chi connectivity index (χ0) is 13.0. The summed E-state index contributed by atoms with van der Waals surface area (Å²) in [5, 5.41) is 5.03. The molecule has 4 nitrogen and oxygen atoms in total. The number of hydrogen-bond donors (Lipinski definition) is 2. The van der Waals surface area contributed by atoms with E-state index < -0.39 is 6.03 Å². The van der Waals surface area contributed by atoms with E-state index in [9.17, 15) is 9.59 Å². The molecule has 1 aromatic rings. The number of benzene rings is 1. The summed E-state index contributed by atoms with van der Waals surface area (Å²) in [6, 6.07) is 9.70. The monoisotopic (exact) mass is 266 g/mol. The first kappa shape index (κ1) is 12.9. The molecule has 2 unspecified atom stereocenters. The van der Waals surface area contributed by atoms with Crippen LogP contribution in [-0.2, 0) is 4.79 Å². The van der Waals surface area contributed by atoms with Crippen LogP contribution in [0.1, 0.15) is 24.3 Å². The largest absolute Gasteiger partial charge is 0.334 e. The van der Waals surface area contributed by atoms with E-state index in [0.717, 1.165) is 6.42 Å². The van der Waals surface area contributed by atoms with Crippen LogP contribution in [0, 0.1) is 0 Å². The minimum Gasteiger partial charge on any atom is -0.334 e. The maximum Gasteiger partial charge on any atom is 0.321 e. The van der Waals surface area contributed by atoms with Gasteiger partial charge in [0.25, 0.3) is 0 Å². The molecule has 2 atom stereocenters. The van der Waals surface area contributed by atoms with Crippen molar-refractivity contribution in [1.82, 2.24) is 10.6 Å². The summed E-state index contributed by atoms with van der Waals surface area (Å²) in [6.07, 6.45) is 1.07. The molecule has 96 valence electrons. The van der Waals surface area contributed by atoms with Gasteiger partial charge in [0.15, 0.2) is 0 Å². The van der Waals surface area contributed by atoms with Gasteiger partial charge in [0.05, 0.1) is 0 Å². The highest BCUT2D eigenvalue weighted by molar-refractivity contribution is 6.19. The van der Waals surface area contributed by atoms with Crippen LogP contribution in [0.3, 0.4) is 0 Å². The molecule has 0 heterocycles. The van der Waals surface area contributed by atoms with Crippen molar-refractivity contribution < 1.29 is 9.59 Å². The molecule has 1 aliphatic carbocycles. The molecule has 5 heteroatoms. The number of urea groups is 1. The van der Waals surface area contributed by atoms with E-state index in [2.05, 4.69) is 10.6 Å². The van der Waals surface area contributed by atoms with E-state index in [1.165, 1.54) is 5.56 Å². The van der Waals surface area contributed by atoms with E-state index in [4.69, 9.17) is 11.6 Å². The standard InChI is InChI=1S/C13H15ClN2O2/c14-7-6-12(17)16-13(18)15-11-8-10(11)9-4-2-1-3-5-9/h1-5,10-11H,6-8H2,(H2,15,16,17,18). The summed E-state index contributed by atoms with van der Waals surface area (Å²) in [7, 11) is 0. The second-order valence-corrected chi connectivity index (χ2v) is 4.70. The Morgan fingerprint density at radius 1 is 1.28 bits per heavy atom. The maximum absolute atomic E-state index is 11.5. The predicted molar refractivity (Wildman–Crippen MR) is 69.6 cm³/mol. The van der Waals surface area contributed by atoms with Gasteiger partial charge >= 0.3 is 6.03 Å². The van der Waals surface area contributed by atoms with Crippen molar-refractivity contribution in [2.45, 2.75) is 24.8 Å². The Morgan fingerprint density at radius 2 is 2.00 bits per heavy atom. The van der Waals surface area contributed by atoms with Gasteiger partial charge in [-0.2, -0.15) is 0 Å². The zero-order valence-corrected chi connectivity index (χ0v) is 10.6. The topological polar surface area (TPSA) is 58.2 Å². The molecule has 1 aliphatic rings. The Bertz CT molecular complexity index is 436. The van der Waals surface area contributed by atoms with E-state index in [0.29, 0.717) is 5.92 Å². The third-order valence-corrected chi connectivity index (χ3v) is 3.10. The number of carbonyl (C=O) groups is 2. The van der Waals surface area contributed by atoms with Crippen molar-refractivity contribution in [3.63, 3.8) is 0 Å². The predicted octanol–water partition coefficient (Wildman–Crippen LogP) is 2.00. The van der Waals surface area contributed by atoms with Crippen molar-refractivity contribution in [1.29, 1.82) is 0 Å². The second-order valence-electron chi connectivity index (χ2n) is 4.32.